The van der Waals surface area contributed by atoms with Gasteiger partial charge in [0, 0.05) is 0 Å². The van der Waals surface area contributed by atoms with Gasteiger partial charge in [0.05, 0.1) is 18.2 Å². The molecule has 0 spiro atoms. The average molecular weight is 261 g/mol. The number of rotatable bonds is 3. The summed E-state index contributed by atoms with van der Waals surface area (Å²) in [7, 11) is 1.63. The van der Waals surface area contributed by atoms with Crippen LogP contribution in [-0.2, 0) is 5.54 Å². The van der Waals surface area contributed by atoms with Crippen molar-refractivity contribution in [2.75, 3.05) is 7.11 Å². The van der Waals surface area contributed by atoms with Gasteiger partial charge in [0.25, 0.3) is 0 Å². The van der Waals surface area contributed by atoms with E-state index in [0.29, 0.717) is 11.7 Å². The summed E-state index contributed by atoms with van der Waals surface area (Å²) in [5.74, 6) is 1.63. The van der Waals surface area contributed by atoms with Crippen LogP contribution in [0, 0.1) is 13.8 Å². The molecule has 0 saturated carbocycles. The average Bonchev–Trinajstić information content (AvgIpc) is 2.81. The molecule has 0 atom stereocenters. The van der Waals surface area contributed by atoms with E-state index >= 15 is 0 Å². The Balaban J connectivity index is 2.53. The number of ether oxygens (including phenoxy) is 1. The summed E-state index contributed by atoms with van der Waals surface area (Å²) >= 11 is 0. The molecule has 0 aliphatic heterocycles. The lowest BCUT2D eigenvalue weighted by molar-refractivity contribution is 0.312. The van der Waals surface area contributed by atoms with Gasteiger partial charge in [-0.3, -0.25) is 0 Å². The van der Waals surface area contributed by atoms with Gasteiger partial charge >= 0.3 is 0 Å². The molecule has 0 saturated heterocycles. The van der Waals surface area contributed by atoms with Crippen molar-refractivity contribution < 1.29 is 9.26 Å². The highest BCUT2D eigenvalue weighted by Gasteiger charge is 2.24. The third-order valence-electron chi connectivity index (χ3n) is 3.03. The van der Waals surface area contributed by atoms with Crippen molar-refractivity contribution in [3.05, 3.63) is 29.2 Å². The fourth-order valence-corrected chi connectivity index (χ4v) is 1.73. The number of aromatic nitrogens is 2. The Morgan fingerprint density at radius 2 is 1.84 bits per heavy atom. The number of hydrogen-bond donors (Lipinski definition) is 1. The third-order valence-corrected chi connectivity index (χ3v) is 3.03. The fourth-order valence-electron chi connectivity index (χ4n) is 1.73. The molecule has 0 radical (unpaired) electrons. The molecular weight excluding hydrogens is 242 g/mol. The van der Waals surface area contributed by atoms with Crippen LogP contribution in [0.4, 0.5) is 0 Å². The van der Waals surface area contributed by atoms with Crippen molar-refractivity contribution in [2.45, 2.75) is 33.2 Å². The van der Waals surface area contributed by atoms with E-state index in [2.05, 4.69) is 10.1 Å². The summed E-state index contributed by atoms with van der Waals surface area (Å²) in [4.78, 5) is 4.35. The van der Waals surface area contributed by atoms with E-state index in [1.54, 1.807) is 7.11 Å². The predicted octanol–water partition coefficient (Wildman–Crippen LogP) is 2.56. The van der Waals surface area contributed by atoms with E-state index in [4.69, 9.17) is 15.0 Å². The summed E-state index contributed by atoms with van der Waals surface area (Å²) in [6.07, 6.45) is 0. The van der Waals surface area contributed by atoms with Gasteiger partial charge < -0.3 is 15.0 Å². The molecule has 19 heavy (non-hydrogen) atoms. The minimum atomic E-state index is -0.655. The van der Waals surface area contributed by atoms with Gasteiger partial charge in [-0.2, -0.15) is 4.98 Å². The smallest absolute Gasteiger partial charge is 0.246 e. The number of aryl methyl sites for hydroxylation is 2. The monoisotopic (exact) mass is 261 g/mol. The largest absolute Gasteiger partial charge is 0.496 e. The molecule has 1 aromatic carbocycles. The van der Waals surface area contributed by atoms with Crippen LogP contribution >= 0.6 is 0 Å². The van der Waals surface area contributed by atoms with Crippen molar-refractivity contribution in [1.29, 1.82) is 0 Å². The van der Waals surface area contributed by atoms with Gasteiger partial charge in [0.15, 0.2) is 0 Å². The van der Waals surface area contributed by atoms with Crippen LogP contribution in [0.1, 0.15) is 30.9 Å². The number of benzene rings is 1. The van der Waals surface area contributed by atoms with E-state index in [1.165, 1.54) is 0 Å². The molecule has 0 fully saturated rings. The molecule has 0 unspecified atom stereocenters. The lowest BCUT2D eigenvalue weighted by Gasteiger charge is -2.11. The summed E-state index contributed by atoms with van der Waals surface area (Å²) in [5.41, 5.74) is 8.40. The van der Waals surface area contributed by atoms with Crippen LogP contribution in [0.3, 0.4) is 0 Å². The zero-order chi connectivity index (χ0) is 14.2. The SMILES string of the molecule is COc1cc(C)c(C)cc1-c1noc(C(C)(C)N)n1. The lowest BCUT2D eigenvalue weighted by atomic mass is 10.0. The molecule has 1 heterocycles. The van der Waals surface area contributed by atoms with Crippen molar-refractivity contribution in [3.63, 3.8) is 0 Å². The molecule has 2 rings (SSSR count). The molecule has 2 N–H and O–H groups in total. The van der Waals surface area contributed by atoms with E-state index in [9.17, 15) is 0 Å². The molecule has 2 aromatic rings. The molecule has 0 bridgehead atoms. The predicted molar refractivity (Wildman–Crippen MR) is 73.0 cm³/mol. The van der Waals surface area contributed by atoms with E-state index in [0.717, 1.165) is 22.4 Å². The van der Waals surface area contributed by atoms with Gasteiger partial charge in [-0.1, -0.05) is 5.16 Å². The van der Waals surface area contributed by atoms with E-state index < -0.39 is 5.54 Å². The van der Waals surface area contributed by atoms with Gasteiger partial charge in [0.2, 0.25) is 11.7 Å². The van der Waals surface area contributed by atoms with Crippen LogP contribution in [0.15, 0.2) is 16.7 Å². The first-order chi connectivity index (χ1) is 8.82. The quantitative estimate of drug-likeness (QED) is 0.919. The van der Waals surface area contributed by atoms with Gasteiger partial charge in [-0.05, 0) is 51.0 Å². The van der Waals surface area contributed by atoms with Crippen molar-refractivity contribution >= 4 is 0 Å². The highest BCUT2D eigenvalue weighted by molar-refractivity contribution is 5.66. The number of nitrogens with zero attached hydrogens (tertiary/aromatic N) is 2. The number of hydrogen-bond acceptors (Lipinski definition) is 5. The number of methoxy groups -OCH3 is 1. The minimum absolute atomic E-state index is 0.405. The van der Waals surface area contributed by atoms with Gasteiger partial charge in [0.1, 0.15) is 5.75 Å². The summed E-state index contributed by atoms with van der Waals surface area (Å²) in [5, 5.41) is 3.99. The highest BCUT2D eigenvalue weighted by Crippen LogP contribution is 2.31. The van der Waals surface area contributed by atoms with Crippen LogP contribution in [0.25, 0.3) is 11.4 Å². The Morgan fingerprint density at radius 3 is 2.37 bits per heavy atom. The molecule has 0 aliphatic carbocycles. The fraction of sp³-hybridized carbons (Fsp3) is 0.429. The van der Waals surface area contributed by atoms with Crippen molar-refractivity contribution in [3.8, 4) is 17.1 Å². The molecule has 5 heteroatoms. The second-order valence-electron chi connectivity index (χ2n) is 5.28. The summed E-state index contributed by atoms with van der Waals surface area (Å²) < 4.78 is 10.6. The maximum absolute atomic E-state index is 5.95. The van der Waals surface area contributed by atoms with Crippen molar-refractivity contribution in [1.82, 2.24) is 10.1 Å². The maximum atomic E-state index is 5.95. The lowest BCUT2D eigenvalue weighted by Crippen LogP contribution is -2.28. The van der Waals surface area contributed by atoms with E-state index in [-0.39, 0.29) is 0 Å². The molecule has 1 aromatic heterocycles. The second kappa shape index (κ2) is 4.66. The summed E-state index contributed by atoms with van der Waals surface area (Å²) in [6, 6.07) is 3.96. The zero-order valence-corrected chi connectivity index (χ0v) is 11.9. The Bertz CT molecular complexity index is 597. The van der Waals surface area contributed by atoms with Crippen LogP contribution in [-0.4, -0.2) is 17.3 Å². The van der Waals surface area contributed by atoms with Gasteiger partial charge in [-0.25, -0.2) is 0 Å². The first-order valence-electron chi connectivity index (χ1n) is 6.11. The Kier molecular flexibility index (Phi) is 3.32. The molecule has 102 valence electrons. The molecule has 5 nitrogen and oxygen atoms in total. The standard InChI is InChI=1S/C14H19N3O2/c1-8-6-10(11(18-5)7-9(8)2)12-16-13(19-17-12)14(3,4)15/h6-7H,15H2,1-5H3. The zero-order valence-electron chi connectivity index (χ0n) is 11.9. The third kappa shape index (κ3) is 2.61. The van der Waals surface area contributed by atoms with E-state index in [1.807, 2.05) is 39.8 Å². The van der Waals surface area contributed by atoms with Crippen LogP contribution in [0.5, 0.6) is 5.75 Å². The van der Waals surface area contributed by atoms with Crippen LogP contribution < -0.4 is 10.5 Å². The first-order valence-corrected chi connectivity index (χ1v) is 6.11. The normalized spacial score (nSPS) is 11.7. The Hall–Kier alpha value is -1.88. The molecular formula is C14H19N3O2. The molecule has 0 aliphatic rings. The Labute approximate surface area is 112 Å². The Morgan fingerprint density at radius 1 is 1.21 bits per heavy atom. The minimum Gasteiger partial charge on any atom is -0.496 e. The summed E-state index contributed by atoms with van der Waals surface area (Å²) in [6.45, 7) is 7.71. The van der Waals surface area contributed by atoms with Crippen molar-refractivity contribution in [2.24, 2.45) is 5.73 Å². The maximum Gasteiger partial charge on any atom is 0.246 e. The highest BCUT2D eigenvalue weighted by atomic mass is 16.5. The topological polar surface area (TPSA) is 74.2 Å². The second-order valence-corrected chi connectivity index (χ2v) is 5.28. The van der Waals surface area contributed by atoms with Crippen LogP contribution in [0.2, 0.25) is 0 Å². The molecule has 0 amide bonds. The number of nitrogens with two attached hydrogens (primary N) is 1. The van der Waals surface area contributed by atoms with Gasteiger partial charge in [-0.15, -0.1) is 0 Å². The first kappa shape index (κ1) is 13.5.